The van der Waals surface area contributed by atoms with Crippen LogP contribution in [0.1, 0.15) is 74.6 Å². The van der Waals surface area contributed by atoms with Crippen molar-refractivity contribution in [1.29, 1.82) is 0 Å². The highest BCUT2D eigenvalue weighted by atomic mass is 19.3. The van der Waals surface area contributed by atoms with E-state index in [0.717, 1.165) is 25.7 Å². The molecule has 0 N–H and O–H groups in total. The third-order valence-electron chi connectivity index (χ3n) is 3.30. The molecule has 1 aromatic rings. The van der Waals surface area contributed by atoms with Gasteiger partial charge in [-0.15, -0.1) is 0 Å². The van der Waals surface area contributed by atoms with E-state index in [9.17, 15) is 17.6 Å². The van der Waals surface area contributed by atoms with Crippen LogP contribution in [0.5, 0.6) is 0 Å². The average molecular weight is 314 g/mol. The first-order chi connectivity index (χ1) is 10.5. The van der Waals surface area contributed by atoms with Gasteiger partial charge in [0.25, 0.3) is 12.9 Å². The number of hydrogen-bond donors (Lipinski definition) is 0. The summed E-state index contributed by atoms with van der Waals surface area (Å²) in [5.74, 6) is 0. The molecular weight excluding hydrogens is 292 g/mol. The van der Waals surface area contributed by atoms with Crippen molar-refractivity contribution in [3.63, 3.8) is 0 Å². The molecule has 0 aliphatic carbocycles. The molecule has 0 saturated carbocycles. The Hall–Kier alpha value is -1.58. The maximum atomic E-state index is 13.3. The van der Waals surface area contributed by atoms with Gasteiger partial charge in [0.05, 0.1) is 0 Å². The van der Waals surface area contributed by atoms with Gasteiger partial charge in [-0.2, -0.15) is 0 Å². The Morgan fingerprint density at radius 1 is 0.773 bits per heavy atom. The Bertz CT molecular complexity index is 469. The molecule has 0 aliphatic heterocycles. The predicted octanol–water partition coefficient (Wildman–Crippen LogP) is 7.19. The van der Waals surface area contributed by atoms with Gasteiger partial charge in [-0.05, 0) is 24.0 Å². The summed E-state index contributed by atoms with van der Waals surface area (Å²) in [7, 11) is 0. The van der Waals surface area contributed by atoms with Gasteiger partial charge in [-0.25, -0.2) is 17.6 Å². The molecule has 0 spiro atoms. The molecule has 0 aliphatic rings. The summed E-state index contributed by atoms with van der Waals surface area (Å²) in [6, 6.07) is 2.98. The molecule has 1 rings (SSSR count). The van der Waals surface area contributed by atoms with E-state index < -0.39 is 24.0 Å². The van der Waals surface area contributed by atoms with Crippen molar-refractivity contribution >= 4 is 12.2 Å². The second-order valence-corrected chi connectivity index (χ2v) is 5.05. The minimum atomic E-state index is -2.93. The van der Waals surface area contributed by atoms with Crippen molar-refractivity contribution in [2.75, 3.05) is 0 Å². The Morgan fingerprint density at radius 3 is 1.41 bits per heavy atom. The first-order valence-corrected chi connectivity index (χ1v) is 7.59. The van der Waals surface area contributed by atoms with Crippen LogP contribution in [0, 0.1) is 0 Å². The second-order valence-electron chi connectivity index (χ2n) is 5.05. The quantitative estimate of drug-likeness (QED) is 0.445. The fraction of sp³-hybridized carbons (Fsp3) is 0.444. The van der Waals surface area contributed by atoms with Gasteiger partial charge in [0, 0.05) is 11.1 Å². The molecule has 4 heteroatoms. The van der Waals surface area contributed by atoms with Crippen LogP contribution in [0.25, 0.3) is 12.2 Å². The lowest BCUT2D eigenvalue weighted by Crippen LogP contribution is -2.02. The molecule has 0 nitrogen and oxygen atoms in total. The van der Waals surface area contributed by atoms with Crippen LogP contribution in [-0.2, 0) is 0 Å². The molecule has 0 amide bonds. The van der Waals surface area contributed by atoms with Crippen LogP contribution >= 0.6 is 0 Å². The van der Waals surface area contributed by atoms with E-state index in [1.807, 2.05) is 13.8 Å². The van der Waals surface area contributed by atoms with Gasteiger partial charge in [0.15, 0.2) is 0 Å². The van der Waals surface area contributed by atoms with E-state index >= 15 is 0 Å². The van der Waals surface area contributed by atoms with E-state index in [2.05, 4.69) is 0 Å². The second kappa shape index (κ2) is 9.44. The molecule has 0 atom stereocenters. The minimum Gasteiger partial charge on any atom is -0.205 e. The fourth-order valence-electron chi connectivity index (χ4n) is 2.20. The van der Waals surface area contributed by atoms with Gasteiger partial charge in [0.2, 0.25) is 0 Å². The molecule has 0 bridgehead atoms. The first kappa shape index (κ1) is 18.5. The maximum Gasteiger partial charge on any atom is 0.264 e. The summed E-state index contributed by atoms with van der Waals surface area (Å²) in [5, 5.41) is 0. The summed E-state index contributed by atoms with van der Waals surface area (Å²) in [6.45, 7) is 3.93. The van der Waals surface area contributed by atoms with Crippen molar-refractivity contribution in [3.8, 4) is 0 Å². The zero-order valence-electron chi connectivity index (χ0n) is 13.0. The van der Waals surface area contributed by atoms with Crippen molar-refractivity contribution < 1.29 is 17.6 Å². The molecule has 0 unspecified atom stereocenters. The van der Waals surface area contributed by atoms with Crippen LogP contribution in [0.3, 0.4) is 0 Å². The number of allylic oxidation sites excluding steroid dienone is 2. The lowest BCUT2D eigenvalue weighted by atomic mass is 9.95. The summed E-state index contributed by atoms with van der Waals surface area (Å²) in [5.41, 5.74) is -0.764. The van der Waals surface area contributed by atoms with E-state index in [4.69, 9.17) is 0 Å². The molecule has 1 aromatic carbocycles. The molecular formula is C18H22F4. The summed E-state index contributed by atoms with van der Waals surface area (Å²) in [6.07, 6.45) is 3.85. The van der Waals surface area contributed by atoms with Crippen LogP contribution < -0.4 is 0 Å². The SMILES string of the molecule is CCC/C=C/c1ccc(/C=C/CCC)c(C(F)F)c1C(F)F. The lowest BCUT2D eigenvalue weighted by molar-refractivity contribution is 0.124. The van der Waals surface area contributed by atoms with Crippen molar-refractivity contribution in [1.82, 2.24) is 0 Å². The average Bonchev–Trinajstić information content (AvgIpc) is 2.47. The Labute approximate surface area is 129 Å². The molecule has 0 fully saturated rings. The molecule has 0 radical (unpaired) electrons. The monoisotopic (exact) mass is 314 g/mol. The van der Waals surface area contributed by atoms with Gasteiger partial charge in [0.1, 0.15) is 0 Å². The number of alkyl halides is 4. The first-order valence-electron chi connectivity index (χ1n) is 7.59. The predicted molar refractivity (Wildman–Crippen MR) is 84.2 cm³/mol. The molecule has 122 valence electrons. The van der Waals surface area contributed by atoms with Gasteiger partial charge in [-0.1, -0.05) is 63.1 Å². The Balaban J connectivity index is 3.36. The molecule has 0 aromatic heterocycles. The number of hydrogen-bond acceptors (Lipinski definition) is 0. The fourth-order valence-corrected chi connectivity index (χ4v) is 2.20. The normalized spacial score (nSPS) is 12.4. The zero-order chi connectivity index (χ0) is 16.5. The number of rotatable bonds is 8. The third-order valence-corrected chi connectivity index (χ3v) is 3.30. The van der Waals surface area contributed by atoms with E-state index in [1.54, 1.807) is 12.2 Å². The van der Waals surface area contributed by atoms with Gasteiger partial charge in [-0.3, -0.25) is 0 Å². The zero-order valence-corrected chi connectivity index (χ0v) is 13.0. The standard InChI is InChI=1S/C18H22F4/c1-3-5-7-9-13-11-12-14(10-8-6-4-2)16(18(21)22)15(13)17(19)20/h7-12,17-18H,3-6H2,1-2H3/b9-7+,10-8+. The molecule has 22 heavy (non-hydrogen) atoms. The summed E-state index contributed by atoms with van der Waals surface area (Å²) >= 11 is 0. The van der Waals surface area contributed by atoms with E-state index in [-0.39, 0.29) is 11.1 Å². The van der Waals surface area contributed by atoms with E-state index in [1.165, 1.54) is 24.3 Å². The smallest absolute Gasteiger partial charge is 0.205 e. The highest BCUT2D eigenvalue weighted by Crippen LogP contribution is 2.37. The Morgan fingerprint density at radius 2 is 1.14 bits per heavy atom. The lowest BCUT2D eigenvalue weighted by Gasteiger charge is -2.15. The van der Waals surface area contributed by atoms with Crippen LogP contribution in [-0.4, -0.2) is 0 Å². The summed E-state index contributed by atoms with van der Waals surface area (Å²) in [4.78, 5) is 0. The highest BCUT2D eigenvalue weighted by molar-refractivity contribution is 5.64. The Kier molecular flexibility index (Phi) is 7.92. The van der Waals surface area contributed by atoms with Crippen molar-refractivity contribution in [2.45, 2.75) is 52.4 Å². The van der Waals surface area contributed by atoms with Gasteiger partial charge >= 0.3 is 0 Å². The van der Waals surface area contributed by atoms with Crippen LogP contribution in [0.15, 0.2) is 24.3 Å². The van der Waals surface area contributed by atoms with Crippen LogP contribution in [0.4, 0.5) is 17.6 Å². The van der Waals surface area contributed by atoms with E-state index in [0.29, 0.717) is 0 Å². The molecule has 0 heterocycles. The largest absolute Gasteiger partial charge is 0.264 e. The topological polar surface area (TPSA) is 0 Å². The number of halogens is 4. The third kappa shape index (κ3) is 5.00. The van der Waals surface area contributed by atoms with Crippen molar-refractivity contribution in [3.05, 3.63) is 46.5 Å². The summed E-state index contributed by atoms with van der Waals surface area (Å²) < 4.78 is 53.3. The number of benzene rings is 1. The van der Waals surface area contributed by atoms with Crippen LogP contribution in [0.2, 0.25) is 0 Å². The molecule has 0 saturated heterocycles. The van der Waals surface area contributed by atoms with Crippen molar-refractivity contribution in [2.24, 2.45) is 0 Å². The maximum absolute atomic E-state index is 13.3. The van der Waals surface area contributed by atoms with Gasteiger partial charge < -0.3 is 0 Å². The minimum absolute atomic E-state index is 0.173. The number of unbranched alkanes of at least 4 members (excludes halogenated alkanes) is 2. The highest BCUT2D eigenvalue weighted by Gasteiger charge is 2.24.